The van der Waals surface area contributed by atoms with Gasteiger partial charge in [-0.2, -0.15) is 0 Å². The molecule has 1 fully saturated rings. The maximum atomic E-state index is 4.42. The van der Waals surface area contributed by atoms with E-state index < -0.39 is 0 Å². The van der Waals surface area contributed by atoms with Gasteiger partial charge in [-0.3, -0.25) is 0 Å². The van der Waals surface area contributed by atoms with Crippen molar-refractivity contribution >= 4 is 0 Å². The minimum atomic E-state index is 0.645. The molecule has 12 heavy (non-hydrogen) atoms. The molecule has 0 saturated carbocycles. The molecule has 1 aromatic heterocycles. The average molecular weight is 165 g/mol. The first-order valence-corrected chi connectivity index (χ1v) is 4.47. The summed E-state index contributed by atoms with van der Waals surface area (Å²) in [5.74, 6) is 0.645. The summed E-state index contributed by atoms with van der Waals surface area (Å²) in [5.41, 5.74) is 2.59. The van der Waals surface area contributed by atoms with E-state index in [-0.39, 0.29) is 0 Å². The molecule has 1 aromatic rings. The molecule has 1 atom stereocenters. The van der Waals surface area contributed by atoms with E-state index in [4.69, 9.17) is 0 Å². The summed E-state index contributed by atoms with van der Waals surface area (Å²) in [7, 11) is 2.05. The Kier molecular flexibility index (Phi) is 1.89. The van der Waals surface area contributed by atoms with Crippen LogP contribution in [-0.2, 0) is 7.05 Å². The highest BCUT2D eigenvalue weighted by Crippen LogP contribution is 2.22. The summed E-state index contributed by atoms with van der Waals surface area (Å²) >= 11 is 0. The van der Waals surface area contributed by atoms with E-state index in [0.717, 1.165) is 13.1 Å². The Morgan fingerprint density at radius 2 is 2.50 bits per heavy atom. The summed E-state index contributed by atoms with van der Waals surface area (Å²) < 4.78 is 2.09. The van der Waals surface area contributed by atoms with Gasteiger partial charge in [0, 0.05) is 25.2 Å². The fraction of sp³-hybridized carbons (Fsp3) is 0.667. The standard InChI is InChI=1S/C9H15N3/c1-7-9(11-6-12(7)2)8-3-4-10-5-8/h6,8,10H,3-5H2,1-2H3. The number of hydrogen-bond acceptors (Lipinski definition) is 2. The third-order valence-corrected chi connectivity index (χ3v) is 2.72. The molecule has 1 saturated heterocycles. The quantitative estimate of drug-likeness (QED) is 0.667. The summed E-state index contributed by atoms with van der Waals surface area (Å²) in [4.78, 5) is 4.42. The van der Waals surface area contributed by atoms with Crippen LogP contribution in [0.25, 0.3) is 0 Å². The first-order chi connectivity index (χ1) is 5.79. The SMILES string of the molecule is Cc1c(C2CCNC2)ncn1C. The fourth-order valence-electron chi connectivity index (χ4n) is 1.80. The lowest BCUT2D eigenvalue weighted by atomic mass is 10.0. The highest BCUT2D eigenvalue weighted by molar-refractivity contribution is 5.17. The number of aryl methyl sites for hydroxylation is 1. The topological polar surface area (TPSA) is 29.9 Å². The van der Waals surface area contributed by atoms with Gasteiger partial charge in [-0.1, -0.05) is 0 Å². The van der Waals surface area contributed by atoms with Crippen LogP contribution in [0.1, 0.15) is 23.7 Å². The van der Waals surface area contributed by atoms with Crippen molar-refractivity contribution in [3.63, 3.8) is 0 Å². The molecule has 0 amide bonds. The van der Waals surface area contributed by atoms with Gasteiger partial charge in [-0.15, -0.1) is 0 Å². The van der Waals surface area contributed by atoms with Crippen LogP contribution in [0, 0.1) is 6.92 Å². The molecule has 0 bridgehead atoms. The zero-order chi connectivity index (χ0) is 8.55. The van der Waals surface area contributed by atoms with Gasteiger partial charge in [0.1, 0.15) is 0 Å². The van der Waals surface area contributed by atoms with Crippen LogP contribution in [0.2, 0.25) is 0 Å². The molecule has 1 aliphatic rings. The first-order valence-electron chi connectivity index (χ1n) is 4.47. The van der Waals surface area contributed by atoms with E-state index in [9.17, 15) is 0 Å². The lowest BCUT2D eigenvalue weighted by Gasteiger charge is -2.05. The van der Waals surface area contributed by atoms with E-state index in [0.29, 0.717) is 5.92 Å². The molecule has 0 spiro atoms. The average Bonchev–Trinajstić information content (AvgIpc) is 2.64. The molecule has 3 heteroatoms. The van der Waals surface area contributed by atoms with Crippen LogP contribution in [0.4, 0.5) is 0 Å². The lowest BCUT2D eigenvalue weighted by molar-refractivity contribution is 0.729. The summed E-state index contributed by atoms with van der Waals surface area (Å²) in [6, 6.07) is 0. The molecule has 0 radical (unpaired) electrons. The van der Waals surface area contributed by atoms with Crippen LogP contribution in [0.3, 0.4) is 0 Å². The van der Waals surface area contributed by atoms with Crippen molar-refractivity contribution in [2.45, 2.75) is 19.3 Å². The largest absolute Gasteiger partial charge is 0.338 e. The molecule has 1 aliphatic heterocycles. The van der Waals surface area contributed by atoms with Gasteiger partial charge >= 0.3 is 0 Å². The van der Waals surface area contributed by atoms with Crippen LogP contribution in [0.5, 0.6) is 0 Å². The Morgan fingerprint density at radius 3 is 3.00 bits per heavy atom. The monoisotopic (exact) mass is 165 g/mol. The molecule has 1 N–H and O–H groups in total. The van der Waals surface area contributed by atoms with Gasteiger partial charge in [-0.25, -0.2) is 4.98 Å². The Bertz CT molecular complexity index is 271. The number of aromatic nitrogens is 2. The van der Waals surface area contributed by atoms with Crippen LogP contribution >= 0.6 is 0 Å². The first kappa shape index (κ1) is 7.80. The van der Waals surface area contributed by atoms with Crippen LogP contribution in [-0.4, -0.2) is 22.6 Å². The van der Waals surface area contributed by atoms with Crippen molar-refractivity contribution in [1.29, 1.82) is 0 Å². The smallest absolute Gasteiger partial charge is 0.0949 e. The predicted molar refractivity (Wildman–Crippen MR) is 48.2 cm³/mol. The molecular weight excluding hydrogens is 150 g/mol. The zero-order valence-corrected chi connectivity index (χ0v) is 7.67. The van der Waals surface area contributed by atoms with Crippen molar-refractivity contribution in [2.24, 2.45) is 7.05 Å². The predicted octanol–water partition coefficient (Wildman–Crippen LogP) is 0.805. The Morgan fingerprint density at radius 1 is 1.67 bits per heavy atom. The van der Waals surface area contributed by atoms with Gasteiger partial charge in [-0.05, 0) is 19.9 Å². The lowest BCUT2D eigenvalue weighted by Crippen LogP contribution is -2.09. The second kappa shape index (κ2) is 2.90. The minimum absolute atomic E-state index is 0.645. The van der Waals surface area contributed by atoms with Gasteiger partial charge in [0.25, 0.3) is 0 Å². The molecular formula is C9H15N3. The summed E-state index contributed by atoms with van der Waals surface area (Å²) in [6.45, 7) is 4.37. The van der Waals surface area contributed by atoms with Gasteiger partial charge in [0.15, 0.2) is 0 Å². The Hall–Kier alpha value is -0.830. The van der Waals surface area contributed by atoms with Crippen molar-refractivity contribution in [3.8, 4) is 0 Å². The van der Waals surface area contributed by atoms with Crippen molar-refractivity contribution in [3.05, 3.63) is 17.7 Å². The van der Waals surface area contributed by atoms with Gasteiger partial charge in [0.05, 0.1) is 12.0 Å². The van der Waals surface area contributed by atoms with Crippen molar-refractivity contribution in [1.82, 2.24) is 14.9 Å². The molecule has 66 valence electrons. The summed E-state index contributed by atoms with van der Waals surface area (Å²) in [6.07, 6.45) is 3.14. The van der Waals surface area contributed by atoms with E-state index in [2.05, 4.69) is 21.8 Å². The van der Waals surface area contributed by atoms with E-state index in [1.54, 1.807) is 0 Å². The molecule has 0 aromatic carbocycles. The third-order valence-electron chi connectivity index (χ3n) is 2.72. The minimum Gasteiger partial charge on any atom is -0.338 e. The molecule has 2 heterocycles. The van der Waals surface area contributed by atoms with Crippen LogP contribution < -0.4 is 5.32 Å². The van der Waals surface area contributed by atoms with Crippen molar-refractivity contribution in [2.75, 3.05) is 13.1 Å². The van der Waals surface area contributed by atoms with E-state index in [1.807, 2.05) is 13.4 Å². The normalized spacial score (nSPS) is 23.3. The second-order valence-corrected chi connectivity index (χ2v) is 3.52. The van der Waals surface area contributed by atoms with Gasteiger partial charge < -0.3 is 9.88 Å². The third kappa shape index (κ3) is 1.14. The fourth-order valence-corrected chi connectivity index (χ4v) is 1.80. The maximum Gasteiger partial charge on any atom is 0.0949 e. The number of hydrogen-bond donors (Lipinski definition) is 1. The molecule has 1 unspecified atom stereocenters. The maximum absolute atomic E-state index is 4.42. The number of imidazole rings is 1. The molecule has 3 nitrogen and oxygen atoms in total. The summed E-state index contributed by atoms with van der Waals surface area (Å²) in [5, 5.41) is 3.36. The second-order valence-electron chi connectivity index (χ2n) is 3.52. The van der Waals surface area contributed by atoms with Crippen molar-refractivity contribution < 1.29 is 0 Å². The Labute approximate surface area is 72.8 Å². The molecule has 0 aliphatic carbocycles. The van der Waals surface area contributed by atoms with Gasteiger partial charge in [0.2, 0.25) is 0 Å². The zero-order valence-electron chi connectivity index (χ0n) is 7.67. The van der Waals surface area contributed by atoms with E-state index in [1.165, 1.54) is 17.8 Å². The number of nitrogens with zero attached hydrogens (tertiary/aromatic N) is 2. The Balaban J connectivity index is 2.26. The highest BCUT2D eigenvalue weighted by Gasteiger charge is 2.20. The highest BCUT2D eigenvalue weighted by atomic mass is 15.0. The van der Waals surface area contributed by atoms with E-state index >= 15 is 0 Å². The molecule has 2 rings (SSSR count). The number of rotatable bonds is 1. The number of nitrogens with one attached hydrogen (secondary N) is 1. The van der Waals surface area contributed by atoms with Crippen LogP contribution in [0.15, 0.2) is 6.33 Å².